The summed E-state index contributed by atoms with van der Waals surface area (Å²) >= 11 is 0. The Bertz CT molecular complexity index is 1050. The first-order valence-corrected chi connectivity index (χ1v) is 9.56. The number of benzene rings is 2. The Morgan fingerprint density at radius 2 is 1.87 bits per heavy atom. The molecule has 9 nitrogen and oxygen atoms in total. The summed E-state index contributed by atoms with van der Waals surface area (Å²) in [7, 11) is 5.16. The Hall–Kier alpha value is -3.72. The minimum absolute atomic E-state index is 0.0640. The fourth-order valence-electron chi connectivity index (χ4n) is 3.47. The quantitative estimate of drug-likeness (QED) is 0.238. The van der Waals surface area contributed by atoms with Crippen molar-refractivity contribution in [3.05, 3.63) is 75.3 Å². The molecule has 0 bridgehead atoms. The van der Waals surface area contributed by atoms with Crippen LogP contribution in [0.1, 0.15) is 17.2 Å². The van der Waals surface area contributed by atoms with Crippen LogP contribution in [0.5, 0.6) is 5.75 Å². The molecule has 1 aliphatic rings. The number of aliphatic hydroxyl groups is 1. The molecule has 3 rings (SSSR count). The highest BCUT2D eigenvalue weighted by Gasteiger charge is 2.46. The topological polar surface area (TPSA) is 113 Å². The van der Waals surface area contributed by atoms with E-state index in [2.05, 4.69) is 0 Å². The minimum atomic E-state index is -0.869. The number of nitro benzene ring substituents is 1. The third-order valence-electron chi connectivity index (χ3n) is 5.09. The highest BCUT2D eigenvalue weighted by Crippen LogP contribution is 2.40. The summed E-state index contributed by atoms with van der Waals surface area (Å²) in [6.07, 6.45) is 0. The molecule has 1 saturated heterocycles. The summed E-state index contributed by atoms with van der Waals surface area (Å²) in [5, 5.41) is 22.0. The zero-order valence-electron chi connectivity index (χ0n) is 17.4. The van der Waals surface area contributed by atoms with E-state index in [4.69, 9.17) is 4.74 Å². The molecule has 1 fully saturated rings. The van der Waals surface area contributed by atoms with Crippen molar-refractivity contribution in [3.63, 3.8) is 0 Å². The van der Waals surface area contributed by atoms with Gasteiger partial charge in [-0.1, -0.05) is 12.1 Å². The van der Waals surface area contributed by atoms with Crippen molar-refractivity contribution in [2.45, 2.75) is 6.04 Å². The van der Waals surface area contributed by atoms with Crippen molar-refractivity contribution >= 4 is 23.1 Å². The summed E-state index contributed by atoms with van der Waals surface area (Å²) in [5.41, 5.74) is 0.650. The normalized spacial score (nSPS) is 17.9. The van der Waals surface area contributed by atoms with E-state index in [1.54, 1.807) is 24.3 Å². The largest absolute Gasteiger partial charge is 0.507 e. The van der Waals surface area contributed by atoms with E-state index < -0.39 is 22.7 Å². The molecule has 1 N–H and O–H groups in total. The molecule has 31 heavy (non-hydrogen) atoms. The van der Waals surface area contributed by atoms with E-state index in [9.17, 15) is 24.8 Å². The van der Waals surface area contributed by atoms with Crippen molar-refractivity contribution < 1.29 is 24.4 Å². The monoisotopic (exact) mass is 425 g/mol. The van der Waals surface area contributed by atoms with Crippen LogP contribution >= 0.6 is 0 Å². The summed E-state index contributed by atoms with van der Waals surface area (Å²) in [6, 6.07) is 11.3. The molecule has 0 spiro atoms. The number of hydrogen-bond acceptors (Lipinski definition) is 7. The van der Waals surface area contributed by atoms with Gasteiger partial charge in [-0.15, -0.1) is 0 Å². The van der Waals surface area contributed by atoms with Crippen LogP contribution in [0.25, 0.3) is 5.76 Å². The average Bonchev–Trinajstić information content (AvgIpc) is 3.01. The lowest BCUT2D eigenvalue weighted by Crippen LogP contribution is -2.35. The number of likely N-dealkylation sites (N-methyl/N-ethyl adjacent to an activating group) is 1. The van der Waals surface area contributed by atoms with E-state index in [0.717, 1.165) is 0 Å². The number of non-ortho nitro benzene ring substituents is 1. The maximum Gasteiger partial charge on any atom is 0.295 e. The summed E-state index contributed by atoms with van der Waals surface area (Å²) in [4.78, 5) is 39.5. The van der Waals surface area contributed by atoms with Crippen LogP contribution in [-0.2, 0) is 9.59 Å². The molecule has 2 aromatic rings. The molecular weight excluding hydrogens is 402 g/mol. The van der Waals surface area contributed by atoms with Gasteiger partial charge >= 0.3 is 0 Å². The molecule has 0 aliphatic carbocycles. The number of likely N-dealkylation sites (tertiary alicyclic amines) is 1. The van der Waals surface area contributed by atoms with Gasteiger partial charge < -0.3 is 19.6 Å². The first-order chi connectivity index (χ1) is 14.7. The third kappa shape index (κ3) is 4.41. The number of hydrogen-bond donors (Lipinski definition) is 1. The number of nitro groups is 1. The number of rotatable bonds is 7. The zero-order valence-corrected chi connectivity index (χ0v) is 17.4. The molecular formula is C22H23N3O6. The van der Waals surface area contributed by atoms with Crippen molar-refractivity contribution in [2.24, 2.45) is 0 Å². The van der Waals surface area contributed by atoms with Crippen molar-refractivity contribution in [3.8, 4) is 5.75 Å². The van der Waals surface area contributed by atoms with Crippen LogP contribution in [0.4, 0.5) is 5.69 Å². The number of Topliss-reactive ketones (excluding diaryl/α,β-unsaturated/α-hetero) is 1. The number of amides is 1. The predicted molar refractivity (Wildman–Crippen MR) is 114 cm³/mol. The second-order valence-electron chi connectivity index (χ2n) is 7.38. The zero-order chi connectivity index (χ0) is 22.7. The van der Waals surface area contributed by atoms with E-state index in [1.165, 1.54) is 36.3 Å². The van der Waals surface area contributed by atoms with E-state index >= 15 is 0 Å². The molecule has 0 aromatic heterocycles. The molecule has 1 atom stereocenters. The van der Waals surface area contributed by atoms with Crippen molar-refractivity contribution in [2.75, 3.05) is 34.3 Å². The van der Waals surface area contributed by atoms with E-state index in [-0.39, 0.29) is 23.6 Å². The second-order valence-corrected chi connectivity index (χ2v) is 7.38. The maximum atomic E-state index is 12.9. The molecule has 162 valence electrons. The predicted octanol–water partition coefficient (Wildman–Crippen LogP) is 2.59. The van der Waals surface area contributed by atoms with Gasteiger partial charge in [-0.25, -0.2) is 0 Å². The Labute approximate surface area is 179 Å². The molecule has 1 heterocycles. The number of ketones is 1. The first-order valence-electron chi connectivity index (χ1n) is 9.56. The Morgan fingerprint density at radius 1 is 1.19 bits per heavy atom. The fourth-order valence-corrected chi connectivity index (χ4v) is 3.47. The maximum absolute atomic E-state index is 12.9. The van der Waals surface area contributed by atoms with Gasteiger partial charge in [0.05, 0.1) is 23.6 Å². The number of ether oxygens (including phenoxy) is 1. The lowest BCUT2D eigenvalue weighted by Gasteiger charge is -2.26. The fraction of sp³-hybridized carbons (Fsp3) is 0.273. The summed E-state index contributed by atoms with van der Waals surface area (Å²) in [5.74, 6) is -1.37. The van der Waals surface area contributed by atoms with Gasteiger partial charge in [-0.05, 0) is 43.9 Å². The lowest BCUT2D eigenvalue weighted by molar-refractivity contribution is -0.384. The summed E-state index contributed by atoms with van der Waals surface area (Å²) < 4.78 is 5.18. The smallest absolute Gasteiger partial charge is 0.295 e. The number of carbonyl (C=O) groups excluding carboxylic acids is 2. The molecule has 1 amide bonds. The Balaban J connectivity index is 2.15. The van der Waals surface area contributed by atoms with Crippen molar-refractivity contribution in [1.29, 1.82) is 0 Å². The van der Waals surface area contributed by atoms with Crippen LogP contribution in [0, 0.1) is 10.1 Å². The van der Waals surface area contributed by atoms with E-state index in [1.807, 2.05) is 19.0 Å². The van der Waals surface area contributed by atoms with E-state index in [0.29, 0.717) is 23.4 Å². The number of nitrogens with zero attached hydrogens (tertiary/aromatic N) is 3. The SMILES string of the molecule is COc1cccc(C(O)=C2C(=O)C(=O)N(CCN(C)C)C2c2ccc([N+](=O)[O-])cc2)c1. The van der Waals surface area contributed by atoms with Crippen LogP contribution in [0.2, 0.25) is 0 Å². The van der Waals surface area contributed by atoms with Gasteiger partial charge in [-0.3, -0.25) is 19.7 Å². The first kappa shape index (κ1) is 22.0. The molecule has 0 radical (unpaired) electrons. The van der Waals surface area contributed by atoms with Gasteiger partial charge in [-0.2, -0.15) is 0 Å². The Kier molecular flexibility index (Phi) is 6.36. The molecule has 9 heteroatoms. The third-order valence-corrected chi connectivity index (χ3v) is 5.09. The highest BCUT2D eigenvalue weighted by atomic mass is 16.6. The van der Waals surface area contributed by atoms with Gasteiger partial charge in [0, 0.05) is 30.8 Å². The van der Waals surface area contributed by atoms with Crippen LogP contribution in [0.15, 0.2) is 54.1 Å². The molecule has 0 saturated carbocycles. The van der Waals surface area contributed by atoms with Gasteiger partial charge in [0.15, 0.2) is 0 Å². The van der Waals surface area contributed by atoms with Crippen LogP contribution in [-0.4, -0.2) is 65.8 Å². The van der Waals surface area contributed by atoms with Gasteiger partial charge in [0.2, 0.25) is 0 Å². The van der Waals surface area contributed by atoms with Gasteiger partial charge in [0.25, 0.3) is 17.4 Å². The lowest BCUT2D eigenvalue weighted by atomic mass is 9.95. The van der Waals surface area contributed by atoms with Crippen molar-refractivity contribution in [1.82, 2.24) is 9.80 Å². The molecule has 1 aliphatic heterocycles. The van der Waals surface area contributed by atoms with Crippen LogP contribution in [0.3, 0.4) is 0 Å². The van der Waals surface area contributed by atoms with Gasteiger partial charge in [0.1, 0.15) is 11.5 Å². The average molecular weight is 425 g/mol. The van der Waals surface area contributed by atoms with Crippen LogP contribution < -0.4 is 4.74 Å². The highest BCUT2D eigenvalue weighted by molar-refractivity contribution is 6.46. The minimum Gasteiger partial charge on any atom is -0.507 e. The number of aliphatic hydroxyl groups excluding tert-OH is 1. The Morgan fingerprint density at radius 3 is 2.45 bits per heavy atom. The molecule has 2 aromatic carbocycles. The molecule has 1 unspecified atom stereocenters. The second kappa shape index (κ2) is 8.97. The summed E-state index contributed by atoms with van der Waals surface area (Å²) in [6.45, 7) is 0.740. The number of carbonyl (C=O) groups is 2. The number of methoxy groups -OCH3 is 1. The standard InChI is InChI=1S/C22H23N3O6/c1-23(2)11-12-24-19(14-7-9-16(10-8-14)25(29)30)18(21(27)22(24)28)20(26)15-5-4-6-17(13-15)31-3/h4-10,13,19,26H,11-12H2,1-3H3.